The Balaban J connectivity index is 1.79. The SMILES string of the molecule is CCc1cc(Br)ccc1S(=O)(=O)N1CCC(c2ccccc2OC)CC1. The molecule has 1 aliphatic rings. The maximum Gasteiger partial charge on any atom is 0.243 e. The minimum atomic E-state index is -3.46. The highest BCUT2D eigenvalue weighted by atomic mass is 79.9. The van der Waals surface area contributed by atoms with Crippen LogP contribution in [0.15, 0.2) is 51.8 Å². The summed E-state index contributed by atoms with van der Waals surface area (Å²) < 4.78 is 34.3. The number of rotatable bonds is 5. The molecule has 0 aliphatic carbocycles. The predicted molar refractivity (Wildman–Crippen MR) is 107 cm³/mol. The summed E-state index contributed by atoms with van der Waals surface area (Å²) in [5, 5.41) is 0. The number of ether oxygens (including phenoxy) is 1. The van der Waals surface area contributed by atoms with Gasteiger partial charge in [-0.3, -0.25) is 0 Å². The zero-order chi connectivity index (χ0) is 18.7. The van der Waals surface area contributed by atoms with Gasteiger partial charge in [-0.15, -0.1) is 0 Å². The Morgan fingerprint density at radius 3 is 2.50 bits per heavy atom. The van der Waals surface area contributed by atoms with Crippen molar-refractivity contribution in [2.24, 2.45) is 0 Å². The van der Waals surface area contributed by atoms with Gasteiger partial charge in [0.05, 0.1) is 12.0 Å². The molecular weight excluding hydrogens is 414 g/mol. The van der Waals surface area contributed by atoms with E-state index in [1.54, 1.807) is 23.5 Å². The fourth-order valence-electron chi connectivity index (χ4n) is 3.63. The summed E-state index contributed by atoms with van der Waals surface area (Å²) in [6, 6.07) is 13.4. The molecule has 0 N–H and O–H groups in total. The number of hydrogen-bond donors (Lipinski definition) is 0. The van der Waals surface area contributed by atoms with Crippen LogP contribution < -0.4 is 4.74 Å². The third-order valence-electron chi connectivity index (χ3n) is 5.05. The second kappa shape index (κ2) is 8.11. The molecule has 1 heterocycles. The van der Waals surface area contributed by atoms with Crippen LogP contribution in [0.4, 0.5) is 0 Å². The topological polar surface area (TPSA) is 46.6 Å². The lowest BCUT2D eigenvalue weighted by molar-refractivity contribution is 0.313. The summed E-state index contributed by atoms with van der Waals surface area (Å²) >= 11 is 3.43. The Morgan fingerprint density at radius 1 is 1.15 bits per heavy atom. The van der Waals surface area contributed by atoms with Gasteiger partial charge in [0.2, 0.25) is 10.0 Å². The second-order valence-corrected chi connectivity index (χ2v) is 9.35. The molecule has 0 saturated carbocycles. The van der Waals surface area contributed by atoms with Crippen LogP contribution in [0.1, 0.15) is 36.8 Å². The van der Waals surface area contributed by atoms with Crippen molar-refractivity contribution in [2.45, 2.75) is 37.0 Å². The van der Waals surface area contributed by atoms with Gasteiger partial charge >= 0.3 is 0 Å². The lowest BCUT2D eigenvalue weighted by Crippen LogP contribution is -2.38. The first-order valence-electron chi connectivity index (χ1n) is 8.89. The summed E-state index contributed by atoms with van der Waals surface area (Å²) in [6.45, 7) is 3.04. The van der Waals surface area contributed by atoms with Crippen molar-refractivity contribution in [1.29, 1.82) is 0 Å². The van der Waals surface area contributed by atoms with Gasteiger partial charge in [-0.05, 0) is 60.6 Å². The molecule has 0 unspecified atom stereocenters. The Kier molecular flexibility index (Phi) is 6.05. The minimum Gasteiger partial charge on any atom is -0.496 e. The third-order valence-corrected chi connectivity index (χ3v) is 7.55. The van der Waals surface area contributed by atoms with Crippen molar-refractivity contribution in [3.05, 3.63) is 58.1 Å². The molecule has 0 bridgehead atoms. The van der Waals surface area contributed by atoms with Crippen LogP contribution in [0.5, 0.6) is 5.75 Å². The van der Waals surface area contributed by atoms with Gasteiger partial charge in [0, 0.05) is 17.6 Å². The van der Waals surface area contributed by atoms with E-state index in [0.29, 0.717) is 30.3 Å². The number of piperidine rings is 1. The maximum atomic E-state index is 13.1. The van der Waals surface area contributed by atoms with Gasteiger partial charge in [0.1, 0.15) is 5.75 Å². The van der Waals surface area contributed by atoms with E-state index in [2.05, 4.69) is 22.0 Å². The van der Waals surface area contributed by atoms with E-state index in [0.717, 1.165) is 28.6 Å². The van der Waals surface area contributed by atoms with E-state index in [1.807, 2.05) is 31.2 Å². The van der Waals surface area contributed by atoms with E-state index in [4.69, 9.17) is 4.74 Å². The van der Waals surface area contributed by atoms with Gasteiger partial charge in [-0.1, -0.05) is 41.1 Å². The summed E-state index contributed by atoms with van der Waals surface area (Å²) in [4.78, 5) is 0.430. The normalized spacial score (nSPS) is 16.6. The summed E-state index contributed by atoms with van der Waals surface area (Å²) in [5.74, 6) is 1.21. The molecule has 4 nitrogen and oxygen atoms in total. The molecule has 140 valence electrons. The van der Waals surface area contributed by atoms with E-state index in [1.165, 1.54) is 5.56 Å². The highest BCUT2D eigenvalue weighted by Gasteiger charge is 2.32. The largest absolute Gasteiger partial charge is 0.496 e. The maximum absolute atomic E-state index is 13.1. The van der Waals surface area contributed by atoms with Crippen LogP contribution in [0, 0.1) is 0 Å². The average molecular weight is 438 g/mol. The molecule has 6 heteroatoms. The highest BCUT2D eigenvalue weighted by molar-refractivity contribution is 9.10. The first-order valence-corrected chi connectivity index (χ1v) is 11.1. The van der Waals surface area contributed by atoms with Crippen molar-refractivity contribution in [2.75, 3.05) is 20.2 Å². The molecule has 0 amide bonds. The summed E-state index contributed by atoms with van der Waals surface area (Å²) in [6.07, 6.45) is 2.29. The van der Waals surface area contributed by atoms with E-state index in [-0.39, 0.29) is 0 Å². The predicted octanol–water partition coefficient (Wildman–Crippen LogP) is 4.59. The Labute approximate surface area is 164 Å². The van der Waals surface area contributed by atoms with Gasteiger partial charge in [0.25, 0.3) is 0 Å². The van der Waals surface area contributed by atoms with Crippen LogP contribution in [0.25, 0.3) is 0 Å². The molecule has 3 rings (SSSR count). The molecule has 0 atom stereocenters. The van der Waals surface area contributed by atoms with Gasteiger partial charge < -0.3 is 4.74 Å². The highest BCUT2D eigenvalue weighted by Crippen LogP contribution is 2.36. The van der Waals surface area contributed by atoms with Crippen LogP contribution in [0.2, 0.25) is 0 Å². The van der Waals surface area contributed by atoms with Crippen molar-refractivity contribution in [1.82, 2.24) is 4.31 Å². The van der Waals surface area contributed by atoms with Gasteiger partial charge in [-0.2, -0.15) is 4.31 Å². The standard InChI is InChI=1S/C20H24BrNO3S/c1-3-15-14-17(21)8-9-20(15)26(23,24)22-12-10-16(11-13-22)18-6-4-5-7-19(18)25-2/h4-9,14,16H,3,10-13H2,1-2H3. The molecule has 1 aliphatic heterocycles. The van der Waals surface area contributed by atoms with E-state index < -0.39 is 10.0 Å². The fourth-order valence-corrected chi connectivity index (χ4v) is 5.78. The molecule has 1 fully saturated rings. The van der Waals surface area contributed by atoms with Crippen molar-refractivity contribution in [3.63, 3.8) is 0 Å². The van der Waals surface area contributed by atoms with Crippen LogP contribution in [0.3, 0.4) is 0 Å². The third kappa shape index (κ3) is 3.82. The molecule has 1 saturated heterocycles. The zero-order valence-electron chi connectivity index (χ0n) is 15.1. The number of nitrogens with zero attached hydrogens (tertiary/aromatic N) is 1. The number of halogens is 1. The number of sulfonamides is 1. The van der Waals surface area contributed by atoms with Crippen molar-refractivity contribution < 1.29 is 13.2 Å². The van der Waals surface area contributed by atoms with E-state index >= 15 is 0 Å². The van der Waals surface area contributed by atoms with Gasteiger partial charge in [-0.25, -0.2) is 8.42 Å². The Morgan fingerprint density at radius 2 is 1.85 bits per heavy atom. The number of aryl methyl sites for hydroxylation is 1. The van der Waals surface area contributed by atoms with Crippen molar-refractivity contribution >= 4 is 26.0 Å². The molecular formula is C20H24BrNO3S. The van der Waals surface area contributed by atoms with Crippen LogP contribution in [-0.4, -0.2) is 32.9 Å². The lowest BCUT2D eigenvalue weighted by atomic mass is 9.89. The summed E-state index contributed by atoms with van der Waals surface area (Å²) in [7, 11) is -1.78. The first kappa shape index (κ1) is 19.4. The van der Waals surface area contributed by atoms with Crippen LogP contribution >= 0.6 is 15.9 Å². The monoisotopic (exact) mass is 437 g/mol. The van der Waals surface area contributed by atoms with Gasteiger partial charge in [0.15, 0.2) is 0 Å². The minimum absolute atomic E-state index is 0.327. The smallest absolute Gasteiger partial charge is 0.243 e. The quantitative estimate of drug-likeness (QED) is 0.686. The molecule has 2 aromatic carbocycles. The number of hydrogen-bond acceptors (Lipinski definition) is 3. The number of methoxy groups -OCH3 is 1. The number of benzene rings is 2. The fraction of sp³-hybridized carbons (Fsp3) is 0.400. The lowest BCUT2D eigenvalue weighted by Gasteiger charge is -2.32. The van der Waals surface area contributed by atoms with Crippen LogP contribution in [-0.2, 0) is 16.4 Å². The Hall–Kier alpha value is -1.37. The summed E-state index contributed by atoms with van der Waals surface area (Å²) in [5.41, 5.74) is 2.02. The van der Waals surface area contributed by atoms with E-state index in [9.17, 15) is 8.42 Å². The number of para-hydroxylation sites is 1. The molecule has 0 radical (unpaired) electrons. The zero-order valence-corrected chi connectivity index (χ0v) is 17.5. The molecule has 0 spiro atoms. The molecule has 26 heavy (non-hydrogen) atoms. The molecule has 0 aromatic heterocycles. The average Bonchev–Trinajstić information content (AvgIpc) is 2.67. The van der Waals surface area contributed by atoms with Crippen molar-refractivity contribution in [3.8, 4) is 5.75 Å². The Bertz CT molecular complexity index is 874. The second-order valence-electron chi connectivity index (χ2n) is 6.53. The first-order chi connectivity index (χ1) is 12.5. The molecule has 2 aromatic rings.